The minimum Gasteiger partial charge on any atom is -0.300 e. The van der Waals surface area contributed by atoms with Crippen molar-refractivity contribution in [1.82, 2.24) is 4.90 Å². The normalized spacial score (nSPS) is 19.8. The summed E-state index contributed by atoms with van der Waals surface area (Å²) >= 11 is 0. The molecule has 0 N–H and O–H groups in total. The van der Waals surface area contributed by atoms with Crippen LogP contribution in [0.4, 0.5) is 4.39 Å². The third-order valence-corrected chi connectivity index (χ3v) is 4.09. The average Bonchev–Trinajstić information content (AvgIpc) is 2.86. The van der Waals surface area contributed by atoms with E-state index in [0.717, 1.165) is 19.5 Å². The standard InChI is InChI=1S/C16H22FNO/c1-3-14-5-4-9-18(14)10-8-16(19)13-7-6-12(2)15(17)11-13/h6-7,11,14H,3-5,8-10H2,1-2H3. The minimum absolute atomic E-state index is 0.0423. The average molecular weight is 263 g/mol. The number of likely N-dealkylation sites (tertiary alicyclic amines) is 1. The lowest BCUT2D eigenvalue weighted by atomic mass is 10.1. The first-order valence-electron chi connectivity index (χ1n) is 7.15. The van der Waals surface area contributed by atoms with Crippen molar-refractivity contribution in [3.8, 4) is 0 Å². The van der Waals surface area contributed by atoms with Crippen LogP contribution in [0.1, 0.15) is 48.5 Å². The van der Waals surface area contributed by atoms with Gasteiger partial charge in [0, 0.05) is 24.6 Å². The summed E-state index contributed by atoms with van der Waals surface area (Å²) in [6.07, 6.45) is 4.10. The molecule has 0 aromatic heterocycles. The van der Waals surface area contributed by atoms with E-state index in [1.807, 2.05) is 0 Å². The zero-order chi connectivity index (χ0) is 13.8. The van der Waals surface area contributed by atoms with Crippen molar-refractivity contribution in [1.29, 1.82) is 0 Å². The third-order valence-electron chi connectivity index (χ3n) is 4.09. The largest absolute Gasteiger partial charge is 0.300 e. The van der Waals surface area contributed by atoms with E-state index < -0.39 is 0 Å². The second-order valence-electron chi connectivity index (χ2n) is 5.38. The topological polar surface area (TPSA) is 20.3 Å². The van der Waals surface area contributed by atoms with Crippen molar-refractivity contribution in [2.24, 2.45) is 0 Å². The Labute approximate surface area is 114 Å². The Balaban J connectivity index is 1.92. The highest BCUT2D eigenvalue weighted by molar-refractivity contribution is 5.96. The number of rotatable bonds is 5. The molecule has 19 heavy (non-hydrogen) atoms. The first kappa shape index (κ1) is 14.2. The van der Waals surface area contributed by atoms with E-state index in [2.05, 4.69) is 11.8 Å². The Bertz CT molecular complexity index is 458. The van der Waals surface area contributed by atoms with Crippen molar-refractivity contribution in [2.75, 3.05) is 13.1 Å². The van der Waals surface area contributed by atoms with Crippen molar-refractivity contribution in [3.05, 3.63) is 35.1 Å². The molecule has 0 radical (unpaired) electrons. The quantitative estimate of drug-likeness (QED) is 0.757. The number of hydrogen-bond donors (Lipinski definition) is 0. The van der Waals surface area contributed by atoms with E-state index in [1.165, 1.54) is 18.9 Å². The Morgan fingerprint density at radius 1 is 1.47 bits per heavy atom. The lowest BCUT2D eigenvalue weighted by molar-refractivity contribution is 0.0960. The number of nitrogens with zero attached hydrogens (tertiary/aromatic N) is 1. The number of halogens is 1. The van der Waals surface area contributed by atoms with Gasteiger partial charge in [-0.15, -0.1) is 0 Å². The first-order chi connectivity index (χ1) is 9.11. The van der Waals surface area contributed by atoms with Crippen LogP contribution in [0.3, 0.4) is 0 Å². The predicted molar refractivity (Wildman–Crippen MR) is 75.0 cm³/mol. The summed E-state index contributed by atoms with van der Waals surface area (Å²) in [7, 11) is 0. The molecule has 2 rings (SSSR count). The number of hydrogen-bond acceptors (Lipinski definition) is 2. The van der Waals surface area contributed by atoms with Crippen LogP contribution in [0, 0.1) is 12.7 Å². The third kappa shape index (κ3) is 3.41. The molecular weight excluding hydrogens is 241 g/mol. The van der Waals surface area contributed by atoms with E-state index in [-0.39, 0.29) is 11.6 Å². The number of ketones is 1. The molecule has 0 bridgehead atoms. The predicted octanol–water partition coefficient (Wildman–Crippen LogP) is 3.58. The lowest BCUT2D eigenvalue weighted by Crippen LogP contribution is -2.30. The summed E-state index contributed by atoms with van der Waals surface area (Å²) in [5.74, 6) is -0.251. The van der Waals surface area contributed by atoms with Gasteiger partial charge in [0.05, 0.1) is 0 Å². The number of benzene rings is 1. The molecule has 0 amide bonds. The number of carbonyl (C=O) groups is 1. The monoisotopic (exact) mass is 263 g/mol. The van der Waals surface area contributed by atoms with Crippen molar-refractivity contribution in [3.63, 3.8) is 0 Å². The molecule has 3 heteroatoms. The Kier molecular flexibility index (Phi) is 4.70. The van der Waals surface area contributed by atoms with E-state index in [4.69, 9.17) is 0 Å². The fourth-order valence-electron chi connectivity index (χ4n) is 2.81. The van der Waals surface area contributed by atoms with E-state index >= 15 is 0 Å². The maximum atomic E-state index is 13.4. The molecular formula is C16H22FNO. The van der Waals surface area contributed by atoms with Crippen LogP contribution >= 0.6 is 0 Å². The van der Waals surface area contributed by atoms with Crippen molar-refractivity contribution in [2.45, 2.75) is 45.6 Å². The van der Waals surface area contributed by atoms with Crippen LogP contribution in [-0.4, -0.2) is 29.8 Å². The molecule has 1 aliphatic rings. The lowest BCUT2D eigenvalue weighted by Gasteiger charge is -2.22. The smallest absolute Gasteiger partial charge is 0.164 e. The van der Waals surface area contributed by atoms with E-state index in [1.54, 1.807) is 19.1 Å². The van der Waals surface area contributed by atoms with Crippen LogP contribution in [0.2, 0.25) is 0 Å². The molecule has 2 nitrogen and oxygen atoms in total. The van der Waals surface area contributed by atoms with Crippen LogP contribution < -0.4 is 0 Å². The van der Waals surface area contributed by atoms with Gasteiger partial charge in [0.15, 0.2) is 5.78 Å². The molecule has 1 aromatic rings. The maximum Gasteiger partial charge on any atom is 0.164 e. The highest BCUT2D eigenvalue weighted by Gasteiger charge is 2.23. The highest BCUT2D eigenvalue weighted by Crippen LogP contribution is 2.20. The van der Waals surface area contributed by atoms with Gasteiger partial charge in [0.2, 0.25) is 0 Å². The number of carbonyl (C=O) groups excluding carboxylic acids is 1. The molecule has 0 aliphatic carbocycles. The van der Waals surface area contributed by atoms with Crippen LogP contribution in [0.25, 0.3) is 0 Å². The van der Waals surface area contributed by atoms with Crippen LogP contribution in [0.5, 0.6) is 0 Å². The molecule has 1 fully saturated rings. The number of aryl methyl sites for hydroxylation is 1. The van der Waals surface area contributed by atoms with Crippen molar-refractivity contribution < 1.29 is 9.18 Å². The van der Waals surface area contributed by atoms with Gasteiger partial charge in [-0.05, 0) is 44.4 Å². The Morgan fingerprint density at radius 3 is 2.95 bits per heavy atom. The van der Waals surface area contributed by atoms with Gasteiger partial charge in [0.1, 0.15) is 5.82 Å². The fraction of sp³-hybridized carbons (Fsp3) is 0.562. The summed E-state index contributed by atoms with van der Waals surface area (Å²) in [6, 6.07) is 5.39. The van der Waals surface area contributed by atoms with Gasteiger partial charge in [-0.1, -0.05) is 19.1 Å². The molecule has 1 aliphatic heterocycles. The first-order valence-corrected chi connectivity index (χ1v) is 7.15. The molecule has 0 spiro atoms. The number of Topliss-reactive ketones (excluding diaryl/α,β-unsaturated/α-hetero) is 1. The van der Waals surface area contributed by atoms with E-state index in [0.29, 0.717) is 23.6 Å². The fourth-order valence-corrected chi connectivity index (χ4v) is 2.81. The summed E-state index contributed by atoms with van der Waals surface area (Å²) in [5.41, 5.74) is 1.08. The molecule has 1 saturated heterocycles. The second kappa shape index (κ2) is 6.29. The minimum atomic E-state index is -0.293. The zero-order valence-electron chi connectivity index (χ0n) is 11.8. The molecule has 1 aromatic carbocycles. The van der Waals surface area contributed by atoms with Gasteiger partial charge in [-0.25, -0.2) is 4.39 Å². The molecule has 1 heterocycles. The van der Waals surface area contributed by atoms with E-state index in [9.17, 15) is 9.18 Å². The summed E-state index contributed by atoms with van der Waals surface area (Å²) in [6.45, 7) is 5.79. The summed E-state index contributed by atoms with van der Waals surface area (Å²) in [4.78, 5) is 14.5. The van der Waals surface area contributed by atoms with Crippen LogP contribution in [-0.2, 0) is 0 Å². The van der Waals surface area contributed by atoms with Gasteiger partial charge in [0.25, 0.3) is 0 Å². The van der Waals surface area contributed by atoms with Crippen LogP contribution in [0.15, 0.2) is 18.2 Å². The van der Waals surface area contributed by atoms with Gasteiger partial charge in [-0.2, -0.15) is 0 Å². The van der Waals surface area contributed by atoms with Gasteiger partial charge >= 0.3 is 0 Å². The summed E-state index contributed by atoms with van der Waals surface area (Å²) < 4.78 is 13.4. The SMILES string of the molecule is CCC1CCCN1CCC(=O)c1ccc(C)c(F)c1. The molecule has 1 atom stereocenters. The Hall–Kier alpha value is -1.22. The summed E-state index contributed by atoms with van der Waals surface area (Å²) in [5, 5.41) is 0. The maximum absolute atomic E-state index is 13.4. The molecule has 0 saturated carbocycles. The second-order valence-corrected chi connectivity index (χ2v) is 5.38. The Morgan fingerprint density at radius 2 is 2.26 bits per heavy atom. The molecule has 1 unspecified atom stereocenters. The van der Waals surface area contributed by atoms with Gasteiger partial charge in [-0.3, -0.25) is 9.69 Å². The molecule has 104 valence electrons. The van der Waals surface area contributed by atoms with Crippen molar-refractivity contribution >= 4 is 5.78 Å². The van der Waals surface area contributed by atoms with Gasteiger partial charge < -0.3 is 0 Å². The zero-order valence-corrected chi connectivity index (χ0v) is 11.8. The highest BCUT2D eigenvalue weighted by atomic mass is 19.1.